The second-order valence-electron chi connectivity index (χ2n) is 4.54. The first-order valence-corrected chi connectivity index (χ1v) is 6.18. The number of nitrogens with zero attached hydrogens (tertiary/aromatic N) is 1. The SMILES string of the molecule is CN=C(N)NCCCc1ccc(C(C)C)cc1. The van der Waals surface area contributed by atoms with E-state index in [1.807, 2.05) is 0 Å². The number of aryl methyl sites for hydroxylation is 1. The van der Waals surface area contributed by atoms with Crippen LogP contribution in [0.5, 0.6) is 0 Å². The van der Waals surface area contributed by atoms with Gasteiger partial charge in [-0.05, 0) is 29.9 Å². The second kappa shape index (κ2) is 6.94. The lowest BCUT2D eigenvalue weighted by Crippen LogP contribution is -2.32. The van der Waals surface area contributed by atoms with Gasteiger partial charge in [0.2, 0.25) is 0 Å². The maximum atomic E-state index is 5.54. The topological polar surface area (TPSA) is 50.4 Å². The maximum absolute atomic E-state index is 5.54. The van der Waals surface area contributed by atoms with E-state index in [1.165, 1.54) is 11.1 Å². The van der Waals surface area contributed by atoms with Crippen LogP contribution in [0, 0.1) is 0 Å². The lowest BCUT2D eigenvalue weighted by Gasteiger charge is -2.07. The molecule has 3 nitrogen and oxygen atoms in total. The predicted molar refractivity (Wildman–Crippen MR) is 74.4 cm³/mol. The Labute approximate surface area is 104 Å². The third kappa shape index (κ3) is 4.89. The lowest BCUT2D eigenvalue weighted by molar-refractivity contribution is 0.767. The molecular formula is C14H23N3. The van der Waals surface area contributed by atoms with E-state index in [-0.39, 0.29) is 0 Å². The molecule has 1 aromatic rings. The summed E-state index contributed by atoms with van der Waals surface area (Å²) in [6, 6.07) is 8.86. The molecule has 0 heterocycles. The number of guanidine groups is 1. The molecule has 0 atom stereocenters. The molecule has 0 radical (unpaired) electrons. The Kier molecular flexibility index (Phi) is 5.53. The Morgan fingerprint density at radius 2 is 1.94 bits per heavy atom. The molecule has 3 N–H and O–H groups in total. The highest BCUT2D eigenvalue weighted by molar-refractivity contribution is 5.77. The minimum Gasteiger partial charge on any atom is -0.370 e. The molecule has 0 aromatic heterocycles. The molecule has 3 heteroatoms. The molecule has 0 spiro atoms. The van der Waals surface area contributed by atoms with E-state index >= 15 is 0 Å². The van der Waals surface area contributed by atoms with Crippen molar-refractivity contribution in [1.29, 1.82) is 0 Å². The van der Waals surface area contributed by atoms with Gasteiger partial charge in [0.1, 0.15) is 0 Å². The van der Waals surface area contributed by atoms with E-state index in [1.54, 1.807) is 7.05 Å². The van der Waals surface area contributed by atoms with Crippen molar-refractivity contribution in [2.75, 3.05) is 13.6 Å². The largest absolute Gasteiger partial charge is 0.370 e. The fourth-order valence-corrected chi connectivity index (χ4v) is 1.66. The first-order valence-electron chi connectivity index (χ1n) is 6.18. The van der Waals surface area contributed by atoms with Crippen molar-refractivity contribution in [3.63, 3.8) is 0 Å². The average Bonchev–Trinajstić information content (AvgIpc) is 2.34. The number of rotatable bonds is 5. The summed E-state index contributed by atoms with van der Waals surface area (Å²) in [6.07, 6.45) is 2.14. The first kappa shape index (κ1) is 13.6. The van der Waals surface area contributed by atoms with Gasteiger partial charge in [0.15, 0.2) is 5.96 Å². The zero-order valence-corrected chi connectivity index (χ0v) is 11.0. The number of benzene rings is 1. The molecule has 0 saturated carbocycles. The van der Waals surface area contributed by atoms with E-state index in [0.29, 0.717) is 11.9 Å². The monoisotopic (exact) mass is 233 g/mol. The number of aliphatic imine (C=N–C) groups is 1. The standard InChI is InChI=1S/C14H23N3/c1-11(2)13-8-6-12(7-9-13)5-4-10-17-14(15)16-3/h6-9,11H,4-5,10H2,1-3H3,(H3,15,16,17). The van der Waals surface area contributed by atoms with Crippen molar-refractivity contribution in [3.05, 3.63) is 35.4 Å². The van der Waals surface area contributed by atoms with E-state index < -0.39 is 0 Å². The molecule has 0 amide bonds. The quantitative estimate of drug-likeness (QED) is 0.466. The van der Waals surface area contributed by atoms with E-state index in [2.05, 4.69) is 48.4 Å². The molecule has 0 aliphatic heterocycles. The average molecular weight is 233 g/mol. The maximum Gasteiger partial charge on any atom is 0.188 e. The van der Waals surface area contributed by atoms with Gasteiger partial charge in [-0.25, -0.2) is 0 Å². The molecule has 94 valence electrons. The van der Waals surface area contributed by atoms with Crippen LogP contribution in [0.2, 0.25) is 0 Å². The zero-order valence-electron chi connectivity index (χ0n) is 11.0. The summed E-state index contributed by atoms with van der Waals surface area (Å²) in [5.74, 6) is 1.12. The van der Waals surface area contributed by atoms with E-state index in [9.17, 15) is 0 Å². The van der Waals surface area contributed by atoms with Gasteiger partial charge < -0.3 is 11.1 Å². The Morgan fingerprint density at radius 1 is 1.29 bits per heavy atom. The smallest absolute Gasteiger partial charge is 0.188 e. The minimum atomic E-state index is 0.514. The number of nitrogens with two attached hydrogens (primary N) is 1. The van der Waals surface area contributed by atoms with Gasteiger partial charge in [-0.1, -0.05) is 38.1 Å². The fraction of sp³-hybridized carbons (Fsp3) is 0.500. The number of hydrogen-bond donors (Lipinski definition) is 2. The van der Waals surface area contributed by atoms with Gasteiger partial charge in [-0.2, -0.15) is 0 Å². The Bertz CT molecular complexity index is 352. The van der Waals surface area contributed by atoms with Crippen LogP contribution in [0.1, 0.15) is 37.3 Å². The molecule has 1 aromatic carbocycles. The minimum absolute atomic E-state index is 0.514. The van der Waals surface area contributed by atoms with Crippen LogP contribution in [0.25, 0.3) is 0 Å². The third-order valence-electron chi connectivity index (χ3n) is 2.84. The highest BCUT2D eigenvalue weighted by Gasteiger charge is 1.99. The lowest BCUT2D eigenvalue weighted by atomic mass is 10.0. The van der Waals surface area contributed by atoms with Gasteiger partial charge >= 0.3 is 0 Å². The Hall–Kier alpha value is -1.51. The van der Waals surface area contributed by atoms with Crippen molar-refractivity contribution in [3.8, 4) is 0 Å². The molecule has 0 bridgehead atoms. The number of nitrogens with one attached hydrogen (secondary N) is 1. The molecule has 1 rings (SSSR count). The van der Waals surface area contributed by atoms with Crippen LogP contribution >= 0.6 is 0 Å². The van der Waals surface area contributed by atoms with Crippen LogP contribution in [-0.2, 0) is 6.42 Å². The molecule has 17 heavy (non-hydrogen) atoms. The highest BCUT2D eigenvalue weighted by Crippen LogP contribution is 2.15. The zero-order chi connectivity index (χ0) is 12.7. The summed E-state index contributed by atoms with van der Waals surface area (Å²) >= 11 is 0. The van der Waals surface area contributed by atoms with Crippen molar-refractivity contribution in [2.24, 2.45) is 10.7 Å². The van der Waals surface area contributed by atoms with Crippen LogP contribution in [0.15, 0.2) is 29.3 Å². The first-order chi connectivity index (χ1) is 8.13. The van der Waals surface area contributed by atoms with Gasteiger partial charge in [-0.15, -0.1) is 0 Å². The van der Waals surface area contributed by atoms with Gasteiger partial charge in [0.25, 0.3) is 0 Å². The molecule has 0 unspecified atom stereocenters. The summed E-state index contributed by atoms with van der Waals surface area (Å²) < 4.78 is 0. The third-order valence-corrected chi connectivity index (χ3v) is 2.84. The van der Waals surface area contributed by atoms with Gasteiger partial charge in [0.05, 0.1) is 0 Å². The molecular weight excluding hydrogens is 210 g/mol. The Balaban J connectivity index is 2.32. The predicted octanol–water partition coefficient (Wildman–Crippen LogP) is 2.28. The molecule has 0 aliphatic rings. The Morgan fingerprint density at radius 3 is 2.47 bits per heavy atom. The normalized spacial score (nSPS) is 11.9. The summed E-state index contributed by atoms with van der Waals surface area (Å²) in [5, 5.41) is 3.06. The second-order valence-corrected chi connectivity index (χ2v) is 4.54. The van der Waals surface area contributed by atoms with Crippen molar-refractivity contribution < 1.29 is 0 Å². The summed E-state index contributed by atoms with van der Waals surface area (Å²) in [7, 11) is 1.69. The molecule has 0 saturated heterocycles. The molecule has 0 fully saturated rings. The summed E-state index contributed by atoms with van der Waals surface area (Å²) in [5.41, 5.74) is 8.32. The highest BCUT2D eigenvalue weighted by atomic mass is 15.1. The van der Waals surface area contributed by atoms with Gasteiger partial charge in [-0.3, -0.25) is 4.99 Å². The number of hydrogen-bond acceptors (Lipinski definition) is 1. The molecule has 0 aliphatic carbocycles. The summed E-state index contributed by atoms with van der Waals surface area (Å²) in [4.78, 5) is 3.85. The van der Waals surface area contributed by atoms with Crippen LogP contribution in [0.4, 0.5) is 0 Å². The van der Waals surface area contributed by atoms with Crippen molar-refractivity contribution in [1.82, 2.24) is 5.32 Å². The van der Waals surface area contributed by atoms with E-state index in [4.69, 9.17) is 5.73 Å². The fourth-order valence-electron chi connectivity index (χ4n) is 1.66. The van der Waals surface area contributed by atoms with E-state index in [0.717, 1.165) is 19.4 Å². The van der Waals surface area contributed by atoms with Crippen LogP contribution < -0.4 is 11.1 Å². The van der Waals surface area contributed by atoms with Crippen LogP contribution in [0.3, 0.4) is 0 Å². The van der Waals surface area contributed by atoms with Crippen molar-refractivity contribution >= 4 is 5.96 Å². The van der Waals surface area contributed by atoms with Gasteiger partial charge in [0, 0.05) is 13.6 Å². The van der Waals surface area contributed by atoms with Crippen molar-refractivity contribution in [2.45, 2.75) is 32.6 Å². The van der Waals surface area contributed by atoms with Crippen LogP contribution in [-0.4, -0.2) is 19.6 Å². The summed E-state index contributed by atoms with van der Waals surface area (Å²) in [6.45, 7) is 5.30.